The molecular formula is C28H26N2O6. The van der Waals surface area contributed by atoms with Gasteiger partial charge in [-0.05, 0) is 47.5 Å². The molecule has 184 valence electrons. The van der Waals surface area contributed by atoms with Crippen molar-refractivity contribution in [3.05, 3.63) is 101 Å². The Labute approximate surface area is 209 Å². The van der Waals surface area contributed by atoms with Crippen LogP contribution in [0.1, 0.15) is 26.3 Å². The number of rotatable bonds is 12. The number of methoxy groups -OCH3 is 1. The summed E-state index contributed by atoms with van der Waals surface area (Å²) < 4.78 is 15.9. The highest BCUT2D eigenvalue weighted by Crippen LogP contribution is 2.26. The van der Waals surface area contributed by atoms with E-state index in [1.54, 1.807) is 73.9 Å². The van der Waals surface area contributed by atoms with Gasteiger partial charge in [0.25, 0.3) is 5.91 Å². The van der Waals surface area contributed by atoms with Gasteiger partial charge < -0.3 is 24.6 Å². The molecule has 8 nitrogen and oxygen atoms in total. The van der Waals surface area contributed by atoms with Crippen LogP contribution in [-0.2, 0) is 9.47 Å². The first-order valence-electron chi connectivity index (χ1n) is 11.1. The summed E-state index contributed by atoms with van der Waals surface area (Å²) in [6.45, 7) is 8.42. The van der Waals surface area contributed by atoms with E-state index in [4.69, 9.17) is 25.9 Å². The molecule has 3 aromatic rings. The molecule has 0 bridgehead atoms. The third-order valence-corrected chi connectivity index (χ3v) is 5.12. The van der Waals surface area contributed by atoms with Gasteiger partial charge in [-0.2, -0.15) is 0 Å². The third-order valence-electron chi connectivity index (χ3n) is 5.12. The zero-order valence-electron chi connectivity index (χ0n) is 19.8. The summed E-state index contributed by atoms with van der Waals surface area (Å²) in [6.07, 6.45) is 3.54. The van der Waals surface area contributed by atoms with Crippen molar-refractivity contribution in [1.82, 2.24) is 5.32 Å². The molecule has 2 N–H and O–H groups in total. The van der Waals surface area contributed by atoms with E-state index in [0.717, 1.165) is 11.1 Å². The van der Waals surface area contributed by atoms with Gasteiger partial charge in [0, 0.05) is 24.8 Å². The summed E-state index contributed by atoms with van der Waals surface area (Å²) in [4.78, 5) is 27.2. The van der Waals surface area contributed by atoms with Crippen molar-refractivity contribution < 1.29 is 28.9 Å². The van der Waals surface area contributed by atoms with Crippen molar-refractivity contribution in [2.75, 3.05) is 33.7 Å². The van der Waals surface area contributed by atoms with Gasteiger partial charge in [0.2, 0.25) is 0 Å². The largest absolute Gasteiger partial charge is 0.478 e. The second kappa shape index (κ2) is 13.4. The van der Waals surface area contributed by atoms with Crippen LogP contribution in [0.15, 0.2) is 72.8 Å². The summed E-state index contributed by atoms with van der Waals surface area (Å²) in [7, 11) is 1.59. The van der Waals surface area contributed by atoms with Crippen LogP contribution in [0, 0.1) is 6.57 Å². The Morgan fingerprint density at radius 3 is 2.53 bits per heavy atom. The third kappa shape index (κ3) is 7.53. The van der Waals surface area contributed by atoms with Crippen LogP contribution >= 0.6 is 0 Å². The van der Waals surface area contributed by atoms with E-state index < -0.39 is 5.97 Å². The number of hydrogen-bond donors (Lipinski definition) is 2. The molecular weight excluding hydrogens is 460 g/mol. The predicted molar refractivity (Wildman–Crippen MR) is 136 cm³/mol. The summed E-state index contributed by atoms with van der Waals surface area (Å²) in [6, 6.07) is 18.6. The predicted octanol–water partition coefficient (Wildman–Crippen LogP) is 5.05. The topological polar surface area (TPSA) is 98.5 Å². The summed E-state index contributed by atoms with van der Waals surface area (Å²) >= 11 is 0. The lowest BCUT2D eigenvalue weighted by atomic mass is 10.0. The van der Waals surface area contributed by atoms with Gasteiger partial charge in [-0.15, -0.1) is 0 Å². The van der Waals surface area contributed by atoms with Crippen molar-refractivity contribution in [1.29, 1.82) is 0 Å². The first kappa shape index (κ1) is 26.2. The molecule has 0 fully saturated rings. The van der Waals surface area contributed by atoms with Crippen LogP contribution in [0.3, 0.4) is 0 Å². The minimum absolute atomic E-state index is 0.0505. The molecule has 1 amide bonds. The van der Waals surface area contributed by atoms with Crippen LogP contribution < -0.4 is 10.1 Å². The number of benzene rings is 3. The Morgan fingerprint density at radius 1 is 1.00 bits per heavy atom. The monoisotopic (exact) mass is 486 g/mol. The lowest BCUT2D eigenvalue weighted by Crippen LogP contribution is -2.23. The maximum absolute atomic E-state index is 12.5. The molecule has 0 aliphatic carbocycles. The zero-order chi connectivity index (χ0) is 25.8. The summed E-state index contributed by atoms with van der Waals surface area (Å²) in [5, 5.41) is 12.0. The first-order valence-corrected chi connectivity index (χ1v) is 11.1. The average molecular weight is 487 g/mol. The number of ether oxygens (including phenoxy) is 3. The maximum Gasteiger partial charge on any atom is 0.335 e. The van der Waals surface area contributed by atoms with Crippen LogP contribution in [-0.4, -0.2) is 50.6 Å². The van der Waals surface area contributed by atoms with Crippen molar-refractivity contribution in [3.8, 4) is 16.9 Å². The minimum Gasteiger partial charge on any atom is -0.478 e. The van der Waals surface area contributed by atoms with Crippen LogP contribution in [0.4, 0.5) is 5.69 Å². The molecule has 0 unspecified atom stereocenters. The lowest BCUT2D eigenvalue weighted by molar-refractivity contribution is -0.00855. The minimum atomic E-state index is -0.990. The number of carboxylic acid groups (broad SMARTS) is 1. The van der Waals surface area contributed by atoms with Crippen molar-refractivity contribution in [2.24, 2.45) is 0 Å². The van der Waals surface area contributed by atoms with Crippen LogP contribution in [0.25, 0.3) is 22.0 Å². The van der Waals surface area contributed by atoms with Crippen molar-refractivity contribution in [3.63, 3.8) is 0 Å². The Bertz CT molecular complexity index is 1260. The second-order valence-corrected chi connectivity index (χ2v) is 7.57. The summed E-state index contributed by atoms with van der Waals surface area (Å²) in [5.74, 6) is -0.677. The van der Waals surface area contributed by atoms with Gasteiger partial charge in [0.1, 0.15) is 5.75 Å². The maximum atomic E-state index is 12.5. The molecule has 8 heteroatoms. The number of aromatic carboxylic acids is 1. The molecule has 0 heterocycles. The van der Waals surface area contributed by atoms with Gasteiger partial charge in [0.05, 0.1) is 25.3 Å². The number of carboxylic acids is 1. The number of carbonyl (C=O) groups excluding carboxylic acids is 1. The van der Waals surface area contributed by atoms with E-state index in [-0.39, 0.29) is 24.8 Å². The van der Waals surface area contributed by atoms with E-state index in [1.165, 1.54) is 6.07 Å². The SMILES string of the molecule is [C-]#[N+]c1ccc(OCOCCOC)c(/C=C/CNC(=O)c2ccc(-c3cccc(C(=O)O)c3)cc2)c1. The summed E-state index contributed by atoms with van der Waals surface area (Å²) in [5.41, 5.74) is 3.42. The van der Waals surface area contributed by atoms with E-state index in [2.05, 4.69) is 10.2 Å². The fourth-order valence-electron chi connectivity index (χ4n) is 3.26. The Morgan fingerprint density at radius 2 is 1.81 bits per heavy atom. The number of amides is 1. The van der Waals surface area contributed by atoms with Gasteiger partial charge in [0.15, 0.2) is 12.5 Å². The lowest BCUT2D eigenvalue weighted by Gasteiger charge is -2.10. The highest BCUT2D eigenvalue weighted by atomic mass is 16.7. The quantitative estimate of drug-likeness (QED) is 0.211. The molecule has 0 saturated heterocycles. The normalized spacial score (nSPS) is 10.7. The van der Waals surface area contributed by atoms with E-state index >= 15 is 0 Å². The molecule has 0 aromatic heterocycles. The van der Waals surface area contributed by atoms with E-state index in [9.17, 15) is 9.59 Å². The molecule has 0 saturated carbocycles. The smallest absolute Gasteiger partial charge is 0.335 e. The zero-order valence-corrected chi connectivity index (χ0v) is 19.8. The molecule has 36 heavy (non-hydrogen) atoms. The van der Waals surface area contributed by atoms with Crippen LogP contribution in [0.5, 0.6) is 5.75 Å². The highest BCUT2D eigenvalue weighted by molar-refractivity contribution is 5.95. The van der Waals surface area contributed by atoms with E-state index in [1.807, 2.05) is 6.07 Å². The van der Waals surface area contributed by atoms with Crippen LogP contribution in [0.2, 0.25) is 0 Å². The number of hydrogen-bond acceptors (Lipinski definition) is 5. The number of carbonyl (C=O) groups is 2. The molecule has 3 aromatic carbocycles. The average Bonchev–Trinajstić information content (AvgIpc) is 2.91. The van der Waals surface area contributed by atoms with E-state index in [0.29, 0.717) is 35.8 Å². The fourth-order valence-corrected chi connectivity index (χ4v) is 3.26. The number of nitrogens with zero attached hydrogens (tertiary/aromatic N) is 1. The molecule has 0 aliphatic rings. The van der Waals surface area contributed by atoms with Gasteiger partial charge in [-0.1, -0.05) is 42.5 Å². The highest BCUT2D eigenvalue weighted by Gasteiger charge is 2.08. The Kier molecular flexibility index (Phi) is 9.77. The molecule has 0 radical (unpaired) electrons. The van der Waals surface area contributed by atoms with Gasteiger partial charge in [-0.3, -0.25) is 4.79 Å². The Hall–Kier alpha value is -4.45. The molecule has 3 rings (SSSR count). The van der Waals surface area contributed by atoms with Gasteiger partial charge in [-0.25, -0.2) is 9.64 Å². The first-order chi connectivity index (χ1) is 17.5. The second-order valence-electron chi connectivity index (χ2n) is 7.57. The standard InChI is InChI=1S/C28H26N2O6/c1-29-25-12-13-26(36-19-35-16-15-34-2)23(18-25)7-4-14-30-27(31)21-10-8-20(9-11-21)22-5-3-6-24(17-22)28(32)33/h3-13,17-18H,14-16,19H2,2H3,(H,30,31)(H,32,33)/b7-4+. The number of nitrogens with one attached hydrogen (secondary N) is 1. The molecule has 0 aliphatic heterocycles. The van der Waals surface area contributed by atoms with Crippen molar-refractivity contribution in [2.45, 2.75) is 0 Å². The van der Waals surface area contributed by atoms with Crippen molar-refractivity contribution >= 4 is 23.6 Å². The molecule has 0 atom stereocenters. The fraction of sp³-hybridized carbons (Fsp3) is 0.179. The Balaban J connectivity index is 1.58. The van der Waals surface area contributed by atoms with Gasteiger partial charge >= 0.3 is 5.97 Å². The molecule has 0 spiro atoms.